The summed E-state index contributed by atoms with van der Waals surface area (Å²) in [6, 6.07) is 0. The number of alkyl halides is 2. The third-order valence-electron chi connectivity index (χ3n) is 5.34. The van der Waals surface area contributed by atoms with Gasteiger partial charge in [0.25, 0.3) is 11.5 Å². The van der Waals surface area contributed by atoms with E-state index in [1.54, 1.807) is 43.4 Å². The van der Waals surface area contributed by atoms with Crippen LogP contribution < -0.4 is 5.32 Å². The number of anilines is 1. The fourth-order valence-electron chi connectivity index (χ4n) is 4.12. The minimum atomic E-state index is -2.56. The standard InChI is InChI=1S/C21H21FIN5O7/c1-7-19(32-10(2)29)16(34-21(22)15(23)20(19,21)33-11(3)30)28-9-26-12-13(24-8-25-14(12)28)27-17(31)35-18(4,5)6/h1,8-9,15-16H,2-6H3,(H,24,25,27,31)/t15-,16+,19-,20-,21+/m0/s1. The molecule has 14 heteroatoms. The van der Waals surface area contributed by atoms with Crippen LogP contribution in [-0.4, -0.2) is 64.1 Å². The summed E-state index contributed by atoms with van der Waals surface area (Å²) in [5.74, 6) is -1.95. The molecule has 2 aromatic heterocycles. The Balaban J connectivity index is 1.81. The molecule has 186 valence electrons. The fraction of sp³-hybridized carbons (Fsp3) is 0.524. The van der Waals surface area contributed by atoms with Crippen LogP contribution in [0.2, 0.25) is 0 Å². The van der Waals surface area contributed by atoms with E-state index in [1.807, 2.05) is 0 Å². The van der Waals surface area contributed by atoms with Gasteiger partial charge >= 0.3 is 18.0 Å². The lowest BCUT2D eigenvalue weighted by Gasteiger charge is -2.35. The molecule has 2 aliphatic rings. The van der Waals surface area contributed by atoms with Gasteiger partial charge in [-0.2, -0.15) is 0 Å². The molecule has 0 unspecified atom stereocenters. The Bertz CT molecular complexity index is 1290. The second-order valence-electron chi connectivity index (χ2n) is 8.95. The number of carbonyl (C=O) groups excluding carboxylic acids is 3. The third kappa shape index (κ3) is 3.59. The number of hydrogen-bond acceptors (Lipinski definition) is 10. The first-order chi connectivity index (χ1) is 16.2. The van der Waals surface area contributed by atoms with Gasteiger partial charge in [-0.3, -0.25) is 19.5 Å². The van der Waals surface area contributed by atoms with Crippen LogP contribution in [0.3, 0.4) is 0 Å². The van der Waals surface area contributed by atoms with E-state index in [2.05, 4.69) is 26.2 Å². The SMILES string of the molecule is C#C[C@]1(OC(C)=O)[C@H](n2cnc3c(NC(=O)OC(C)(C)C)ncnc32)O[C@]2(F)[C@@H](I)[C@]12OC(C)=O. The Morgan fingerprint density at radius 1 is 1.23 bits per heavy atom. The van der Waals surface area contributed by atoms with Gasteiger partial charge in [-0.25, -0.2) is 24.1 Å². The summed E-state index contributed by atoms with van der Waals surface area (Å²) in [4.78, 5) is 48.6. The minimum Gasteiger partial charge on any atom is -0.446 e. The highest BCUT2D eigenvalue weighted by molar-refractivity contribution is 14.1. The average molecular weight is 601 g/mol. The van der Waals surface area contributed by atoms with Crippen LogP contribution in [0.4, 0.5) is 15.0 Å². The van der Waals surface area contributed by atoms with Crippen molar-refractivity contribution in [1.82, 2.24) is 19.5 Å². The Kier molecular flexibility index (Phi) is 5.71. The number of imidazole rings is 1. The van der Waals surface area contributed by atoms with E-state index >= 15 is 4.39 Å². The van der Waals surface area contributed by atoms with Crippen LogP contribution in [0.15, 0.2) is 12.7 Å². The molecule has 12 nitrogen and oxygen atoms in total. The van der Waals surface area contributed by atoms with Gasteiger partial charge in [-0.05, 0) is 26.7 Å². The van der Waals surface area contributed by atoms with Gasteiger partial charge < -0.3 is 18.9 Å². The molecule has 35 heavy (non-hydrogen) atoms. The van der Waals surface area contributed by atoms with Crippen molar-refractivity contribution in [1.29, 1.82) is 0 Å². The van der Waals surface area contributed by atoms with Gasteiger partial charge in [0.1, 0.15) is 15.9 Å². The molecule has 3 heterocycles. The minimum absolute atomic E-state index is 0.00128. The quantitative estimate of drug-likeness (QED) is 0.183. The van der Waals surface area contributed by atoms with E-state index in [1.165, 1.54) is 10.9 Å². The molecule has 4 rings (SSSR count). The van der Waals surface area contributed by atoms with Crippen molar-refractivity contribution >= 4 is 57.6 Å². The normalized spacial score (nSPS) is 31.3. The second kappa shape index (κ2) is 7.98. The molecule has 1 amide bonds. The van der Waals surface area contributed by atoms with Crippen LogP contribution >= 0.6 is 22.6 Å². The number of halogens is 2. The molecule has 2 fully saturated rings. The molecule has 1 saturated carbocycles. The summed E-state index contributed by atoms with van der Waals surface area (Å²) >= 11 is 1.69. The molecule has 0 aromatic carbocycles. The Labute approximate surface area is 212 Å². The number of nitrogens with one attached hydrogen (secondary N) is 1. The largest absolute Gasteiger partial charge is 0.446 e. The molecule has 1 aliphatic heterocycles. The van der Waals surface area contributed by atoms with Crippen molar-refractivity contribution in [2.24, 2.45) is 0 Å². The molecular weight excluding hydrogens is 580 g/mol. The van der Waals surface area contributed by atoms with Gasteiger partial charge in [-0.1, -0.05) is 22.6 Å². The highest BCUT2D eigenvalue weighted by Crippen LogP contribution is 2.74. The predicted molar refractivity (Wildman–Crippen MR) is 125 cm³/mol. The molecule has 0 radical (unpaired) electrons. The number of fused-ring (bicyclic) bond motifs is 2. The smallest absolute Gasteiger partial charge is 0.413 e. The average Bonchev–Trinajstić information content (AvgIpc) is 3.04. The molecule has 5 atom stereocenters. The van der Waals surface area contributed by atoms with E-state index in [4.69, 9.17) is 25.4 Å². The number of ether oxygens (including phenoxy) is 4. The molecule has 1 aliphatic carbocycles. The topological polar surface area (TPSA) is 144 Å². The van der Waals surface area contributed by atoms with Crippen molar-refractivity contribution in [3.05, 3.63) is 12.7 Å². The Morgan fingerprint density at radius 2 is 1.89 bits per heavy atom. The molecule has 1 N–H and O–H groups in total. The van der Waals surface area contributed by atoms with Crippen molar-refractivity contribution in [2.45, 2.75) is 67.4 Å². The summed E-state index contributed by atoms with van der Waals surface area (Å²) in [7, 11) is 0. The summed E-state index contributed by atoms with van der Waals surface area (Å²) in [5.41, 5.74) is -4.92. The zero-order valence-electron chi connectivity index (χ0n) is 19.3. The maximum absolute atomic E-state index is 15.9. The molecule has 1 saturated heterocycles. The zero-order chi connectivity index (χ0) is 26.0. The summed E-state index contributed by atoms with van der Waals surface area (Å²) in [5, 5.41) is 2.48. The van der Waals surface area contributed by atoms with Crippen LogP contribution in [0.25, 0.3) is 11.2 Å². The van der Waals surface area contributed by atoms with Gasteiger partial charge in [0.15, 0.2) is 23.2 Å². The van der Waals surface area contributed by atoms with E-state index in [0.29, 0.717) is 0 Å². The monoisotopic (exact) mass is 601 g/mol. The number of carbonyl (C=O) groups is 3. The van der Waals surface area contributed by atoms with Crippen LogP contribution in [0.5, 0.6) is 0 Å². The van der Waals surface area contributed by atoms with Gasteiger partial charge in [0.05, 0.1) is 6.33 Å². The number of nitrogens with zero attached hydrogens (tertiary/aromatic N) is 4. The van der Waals surface area contributed by atoms with Crippen LogP contribution in [0, 0.1) is 12.3 Å². The van der Waals surface area contributed by atoms with E-state index < -0.39 is 50.8 Å². The first-order valence-corrected chi connectivity index (χ1v) is 11.5. The first kappa shape index (κ1) is 25.0. The van der Waals surface area contributed by atoms with Gasteiger partial charge in [-0.15, -0.1) is 6.42 Å². The van der Waals surface area contributed by atoms with E-state index in [0.717, 1.165) is 20.2 Å². The first-order valence-electron chi connectivity index (χ1n) is 10.3. The highest BCUT2D eigenvalue weighted by atomic mass is 127. The third-order valence-corrected chi connectivity index (χ3v) is 7.02. The number of amides is 1. The zero-order valence-corrected chi connectivity index (χ0v) is 21.4. The van der Waals surface area contributed by atoms with Crippen molar-refractivity contribution in [3.63, 3.8) is 0 Å². The lowest BCUT2D eigenvalue weighted by Crippen LogP contribution is -2.54. The number of rotatable bonds is 4. The number of hydrogen-bond donors (Lipinski definition) is 1. The number of aromatic nitrogens is 4. The van der Waals surface area contributed by atoms with Crippen LogP contribution in [-0.2, 0) is 28.5 Å². The Hall–Kier alpha value is -3.06. The molecule has 0 spiro atoms. The predicted octanol–water partition coefficient (Wildman–Crippen LogP) is 2.42. The fourth-order valence-corrected chi connectivity index (χ4v) is 5.56. The van der Waals surface area contributed by atoms with Gasteiger partial charge in [0.2, 0.25) is 5.60 Å². The lowest BCUT2D eigenvalue weighted by atomic mass is 9.93. The van der Waals surface area contributed by atoms with Gasteiger partial charge in [0, 0.05) is 13.8 Å². The molecule has 2 aromatic rings. The lowest BCUT2D eigenvalue weighted by molar-refractivity contribution is -0.187. The highest BCUT2D eigenvalue weighted by Gasteiger charge is 2.98. The van der Waals surface area contributed by atoms with E-state index in [-0.39, 0.29) is 17.0 Å². The molecular formula is C21H21FIN5O7. The Morgan fingerprint density at radius 3 is 2.46 bits per heavy atom. The van der Waals surface area contributed by atoms with Crippen molar-refractivity contribution < 1.29 is 37.7 Å². The maximum atomic E-state index is 15.9. The van der Waals surface area contributed by atoms with Crippen molar-refractivity contribution in [3.8, 4) is 12.3 Å². The van der Waals surface area contributed by atoms with Crippen LogP contribution in [0.1, 0.15) is 40.8 Å². The van der Waals surface area contributed by atoms with E-state index in [9.17, 15) is 14.4 Å². The second-order valence-corrected chi connectivity index (χ2v) is 10.2. The maximum Gasteiger partial charge on any atom is 0.413 e. The summed E-state index contributed by atoms with van der Waals surface area (Å²) in [6.45, 7) is 7.24. The number of terminal acetylenes is 1. The van der Waals surface area contributed by atoms with Crippen molar-refractivity contribution in [2.75, 3.05) is 5.32 Å². The summed E-state index contributed by atoms with van der Waals surface area (Å²) in [6.07, 6.45) is 5.82. The summed E-state index contributed by atoms with van der Waals surface area (Å²) < 4.78 is 37.8. The number of esters is 2. The molecule has 0 bridgehead atoms.